The number of oxime groups is 1. The summed E-state index contributed by atoms with van der Waals surface area (Å²) < 4.78 is 0. The van der Waals surface area contributed by atoms with Crippen molar-refractivity contribution in [3.8, 4) is 0 Å². The normalized spacial score (nSPS) is 24.1. The number of nitrogens with one attached hydrogen (secondary N) is 2. The molecule has 0 aromatic heterocycles. The van der Waals surface area contributed by atoms with Gasteiger partial charge in [0.1, 0.15) is 5.54 Å². The molecule has 5 N–H and O–H groups in total. The molecule has 0 heterocycles. The van der Waals surface area contributed by atoms with Crippen molar-refractivity contribution >= 4 is 11.9 Å². The van der Waals surface area contributed by atoms with Crippen LogP contribution in [0.4, 0.5) is 4.79 Å². The summed E-state index contributed by atoms with van der Waals surface area (Å²) in [6.07, 6.45) is 8.98. The van der Waals surface area contributed by atoms with Crippen LogP contribution in [-0.2, 0) is 0 Å². The van der Waals surface area contributed by atoms with E-state index in [1.807, 2.05) is 0 Å². The molecule has 0 unspecified atom stereocenters. The second-order valence-corrected chi connectivity index (χ2v) is 5.71. The first kappa shape index (κ1) is 14.0. The monoisotopic (exact) mass is 268 g/mol. The van der Waals surface area contributed by atoms with Gasteiger partial charge < -0.3 is 21.6 Å². The third kappa shape index (κ3) is 3.30. The number of hydrogen-bond donors (Lipinski definition) is 4. The highest BCUT2D eigenvalue weighted by atomic mass is 16.4. The van der Waals surface area contributed by atoms with Gasteiger partial charge in [-0.2, -0.15) is 0 Å². The van der Waals surface area contributed by atoms with Crippen molar-refractivity contribution in [3.05, 3.63) is 0 Å². The summed E-state index contributed by atoms with van der Waals surface area (Å²) in [5, 5.41) is 18.0. The Balaban J connectivity index is 2.01. The van der Waals surface area contributed by atoms with E-state index in [0.29, 0.717) is 0 Å². The summed E-state index contributed by atoms with van der Waals surface area (Å²) >= 11 is 0. The van der Waals surface area contributed by atoms with Crippen LogP contribution in [0.25, 0.3) is 0 Å². The minimum absolute atomic E-state index is 0.123. The number of rotatable bonds is 3. The summed E-state index contributed by atoms with van der Waals surface area (Å²) in [6.45, 7) is 0. The molecule has 0 atom stereocenters. The molecule has 108 valence electrons. The van der Waals surface area contributed by atoms with Crippen LogP contribution >= 0.6 is 0 Å². The van der Waals surface area contributed by atoms with Gasteiger partial charge in [0, 0.05) is 6.04 Å². The van der Waals surface area contributed by atoms with E-state index in [1.54, 1.807) is 0 Å². The number of amidine groups is 1. The molecule has 0 aliphatic heterocycles. The first-order valence-electron chi connectivity index (χ1n) is 7.23. The van der Waals surface area contributed by atoms with Crippen molar-refractivity contribution in [1.82, 2.24) is 10.6 Å². The van der Waals surface area contributed by atoms with Gasteiger partial charge in [0.15, 0.2) is 5.84 Å². The molecule has 0 saturated heterocycles. The van der Waals surface area contributed by atoms with Gasteiger partial charge in [0.05, 0.1) is 0 Å². The van der Waals surface area contributed by atoms with Crippen LogP contribution < -0.4 is 16.4 Å². The number of carbonyl (C=O) groups is 1. The van der Waals surface area contributed by atoms with Crippen LogP contribution in [-0.4, -0.2) is 28.7 Å². The predicted octanol–water partition coefficient (Wildman–Crippen LogP) is 1.68. The second-order valence-electron chi connectivity index (χ2n) is 5.71. The zero-order chi connectivity index (χ0) is 13.7. The Morgan fingerprint density at radius 1 is 1.16 bits per heavy atom. The van der Waals surface area contributed by atoms with Gasteiger partial charge >= 0.3 is 6.03 Å². The third-order valence-electron chi connectivity index (χ3n) is 4.35. The lowest BCUT2D eigenvalue weighted by Crippen LogP contribution is -2.60. The van der Waals surface area contributed by atoms with Gasteiger partial charge in [-0.15, -0.1) is 0 Å². The zero-order valence-corrected chi connectivity index (χ0v) is 11.3. The standard InChI is InChI=1S/C13H24N4O2/c14-11(17-19)13(8-3-1-2-4-9-13)16-12(18)15-10-6-5-7-10/h10,19H,1-9H2,(H2,14,17)(H2,15,16,18). The van der Waals surface area contributed by atoms with Crippen LogP contribution in [0.5, 0.6) is 0 Å². The lowest BCUT2D eigenvalue weighted by molar-refractivity contribution is 0.217. The zero-order valence-electron chi connectivity index (χ0n) is 11.3. The smallest absolute Gasteiger partial charge is 0.315 e. The molecular weight excluding hydrogens is 244 g/mol. The molecular formula is C13H24N4O2. The minimum Gasteiger partial charge on any atom is -0.409 e. The molecule has 0 spiro atoms. The number of urea groups is 1. The molecule has 2 aliphatic rings. The van der Waals surface area contributed by atoms with Crippen LogP contribution in [0, 0.1) is 0 Å². The highest BCUT2D eigenvalue weighted by Gasteiger charge is 2.37. The Morgan fingerprint density at radius 3 is 2.26 bits per heavy atom. The number of amides is 2. The largest absolute Gasteiger partial charge is 0.409 e. The van der Waals surface area contributed by atoms with Crippen molar-refractivity contribution in [2.45, 2.75) is 69.4 Å². The Bertz CT molecular complexity index is 345. The highest BCUT2D eigenvalue weighted by Crippen LogP contribution is 2.27. The van der Waals surface area contributed by atoms with E-state index in [1.165, 1.54) is 6.42 Å². The van der Waals surface area contributed by atoms with Gasteiger partial charge in [-0.25, -0.2) is 4.79 Å². The van der Waals surface area contributed by atoms with Gasteiger partial charge in [-0.05, 0) is 32.1 Å². The highest BCUT2D eigenvalue weighted by molar-refractivity contribution is 5.93. The average molecular weight is 268 g/mol. The van der Waals surface area contributed by atoms with Crippen LogP contribution in [0.2, 0.25) is 0 Å². The molecule has 0 bridgehead atoms. The van der Waals surface area contributed by atoms with Crippen LogP contribution in [0.3, 0.4) is 0 Å². The Kier molecular flexibility index (Phi) is 4.50. The van der Waals surface area contributed by atoms with Crippen molar-refractivity contribution in [2.24, 2.45) is 10.9 Å². The first-order chi connectivity index (χ1) is 9.16. The number of carbonyl (C=O) groups excluding carboxylic acids is 1. The molecule has 2 fully saturated rings. The topological polar surface area (TPSA) is 99.7 Å². The van der Waals surface area contributed by atoms with E-state index in [4.69, 9.17) is 10.9 Å². The number of nitrogens with zero attached hydrogens (tertiary/aromatic N) is 1. The number of nitrogens with two attached hydrogens (primary N) is 1. The molecule has 2 amide bonds. The fourth-order valence-electron chi connectivity index (χ4n) is 2.86. The Labute approximate surface area is 113 Å². The maximum Gasteiger partial charge on any atom is 0.315 e. The van der Waals surface area contributed by atoms with Crippen LogP contribution in [0.1, 0.15) is 57.8 Å². The first-order valence-corrected chi connectivity index (χ1v) is 7.23. The van der Waals surface area contributed by atoms with E-state index in [-0.39, 0.29) is 17.9 Å². The maximum atomic E-state index is 12.0. The molecule has 0 radical (unpaired) electrons. The van der Waals surface area contributed by atoms with Gasteiger partial charge in [-0.1, -0.05) is 30.8 Å². The molecule has 0 aromatic carbocycles. The Hall–Kier alpha value is -1.46. The second kappa shape index (κ2) is 6.12. The molecule has 0 aromatic rings. The molecule has 2 rings (SSSR count). The van der Waals surface area contributed by atoms with E-state index in [2.05, 4.69) is 15.8 Å². The van der Waals surface area contributed by atoms with Crippen LogP contribution in [0.15, 0.2) is 5.16 Å². The summed E-state index contributed by atoms with van der Waals surface area (Å²) in [6, 6.07) is 0.0910. The lowest BCUT2D eigenvalue weighted by Gasteiger charge is -2.34. The average Bonchev–Trinajstić information content (AvgIpc) is 2.59. The van der Waals surface area contributed by atoms with Crippen molar-refractivity contribution in [3.63, 3.8) is 0 Å². The van der Waals surface area contributed by atoms with Crippen molar-refractivity contribution in [1.29, 1.82) is 0 Å². The quantitative estimate of drug-likeness (QED) is 0.206. The van der Waals surface area contributed by atoms with Crippen molar-refractivity contribution < 1.29 is 10.0 Å². The third-order valence-corrected chi connectivity index (χ3v) is 4.35. The lowest BCUT2D eigenvalue weighted by atomic mass is 9.88. The minimum atomic E-state index is -0.681. The number of hydrogen-bond acceptors (Lipinski definition) is 3. The van der Waals surface area contributed by atoms with Crippen molar-refractivity contribution in [2.75, 3.05) is 0 Å². The van der Waals surface area contributed by atoms with Gasteiger partial charge in [0.2, 0.25) is 0 Å². The molecule has 2 saturated carbocycles. The summed E-state index contributed by atoms with van der Waals surface area (Å²) in [4.78, 5) is 12.0. The maximum absolute atomic E-state index is 12.0. The van der Waals surface area contributed by atoms with Gasteiger partial charge in [0.25, 0.3) is 0 Å². The fraction of sp³-hybridized carbons (Fsp3) is 0.846. The fourth-order valence-corrected chi connectivity index (χ4v) is 2.86. The van der Waals surface area contributed by atoms with E-state index >= 15 is 0 Å². The molecule has 2 aliphatic carbocycles. The summed E-state index contributed by atoms with van der Waals surface area (Å²) in [5.74, 6) is 0.123. The SMILES string of the molecule is NC(=NO)C1(NC(=O)NC2CCC2)CCCCCC1. The summed E-state index contributed by atoms with van der Waals surface area (Å²) in [5.41, 5.74) is 5.15. The van der Waals surface area contributed by atoms with Gasteiger partial charge in [-0.3, -0.25) is 0 Å². The molecule has 19 heavy (non-hydrogen) atoms. The van der Waals surface area contributed by atoms with E-state index in [9.17, 15) is 4.79 Å². The van der Waals surface area contributed by atoms with E-state index in [0.717, 1.165) is 51.4 Å². The summed E-state index contributed by atoms with van der Waals surface area (Å²) in [7, 11) is 0. The van der Waals surface area contributed by atoms with E-state index < -0.39 is 5.54 Å². The molecule has 6 heteroatoms. The molecule has 6 nitrogen and oxygen atoms in total. The Morgan fingerprint density at radius 2 is 1.79 bits per heavy atom. The predicted molar refractivity (Wildman–Crippen MR) is 73.1 cm³/mol.